The Balaban J connectivity index is 1.59. The van der Waals surface area contributed by atoms with Crippen LogP contribution in [0.5, 0.6) is 0 Å². The molecule has 0 radical (unpaired) electrons. The number of aliphatic hydroxyl groups excluding tert-OH is 1. The predicted octanol–water partition coefficient (Wildman–Crippen LogP) is 2.62. The van der Waals surface area contributed by atoms with E-state index in [1.54, 1.807) is 37.9 Å². The van der Waals surface area contributed by atoms with Crippen molar-refractivity contribution in [3.8, 4) is 6.07 Å². The Morgan fingerprint density at radius 2 is 2.20 bits per heavy atom. The summed E-state index contributed by atoms with van der Waals surface area (Å²) in [4.78, 5) is 18.9. The van der Waals surface area contributed by atoms with E-state index in [-0.39, 0.29) is 29.9 Å². The van der Waals surface area contributed by atoms with Gasteiger partial charge < -0.3 is 15.3 Å². The van der Waals surface area contributed by atoms with Crippen LogP contribution in [0.15, 0.2) is 18.3 Å². The van der Waals surface area contributed by atoms with Crippen molar-refractivity contribution < 1.29 is 14.3 Å². The molecule has 0 spiro atoms. The lowest BCUT2D eigenvalue weighted by molar-refractivity contribution is -0.123. The summed E-state index contributed by atoms with van der Waals surface area (Å²) < 4.78 is 16.4. The zero-order valence-corrected chi connectivity index (χ0v) is 17.3. The molecular weight excluding hydrogens is 387 g/mol. The monoisotopic (exact) mass is 412 g/mol. The summed E-state index contributed by atoms with van der Waals surface area (Å²) in [6.45, 7) is 3.71. The summed E-state index contributed by atoms with van der Waals surface area (Å²) in [5.41, 5.74) is -0.828. The molecule has 1 aliphatic heterocycles. The Morgan fingerprint density at radius 1 is 1.47 bits per heavy atom. The SMILES string of the molecule is Cn1nc(Nc2cc(N3CC[C@@](C#N)(C4CC4)C3=O)ccn2)c(F)c1C(C)(C)CO. The third-order valence-corrected chi connectivity index (χ3v) is 6.16. The molecule has 1 saturated heterocycles. The van der Waals surface area contributed by atoms with Crippen LogP contribution < -0.4 is 10.2 Å². The van der Waals surface area contributed by atoms with E-state index < -0.39 is 16.6 Å². The van der Waals surface area contributed by atoms with Gasteiger partial charge in [-0.15, -0.1) is 0 Å². The zero-order valence-electron chi connectivity index (χ0n) is 17.3. The molecule has 1 aliphatic carbocycles. The van der Waals surface area contributed by atoms with E-state index in [1.807, 2.05) is 0 Å². The summed E-state index contributed by atoms with van der Waals surface area (Å²) in [7, 11) is 1.62. The van der Waals surface area contributed by atoms with Crippen LogP contribution in [0.4, 0.5) is 21.7 Å². The highest BCUT2D eigenvalue weighted by Gasteiger charge is 2.56. The average molecular weight is 412 g/mol. The smallest absolute Gasteiger partial charge is 0.247 e. The van der Waals surface area contributed by atoms with Crippen LogP contribution in [0.25, 0.3) is 0 Å². The van der Waals surface area contributed by atoms with E-state index in [0.717, 1.165) is 12.8 Å². The molecule has 0 bridgehead atoms. The van der Waals surface area contributed by atoms with E-state index in [2.05, 4.69) is 21.5 Å². The first-order valence-corrected chi connectivity index (χ1v) is 10.0. The van der Waals surface area contributed by atoms with Crippen LogP contribution in [0, 0.1) is 28.5 Å². The Kier molecular flexibility index (Phi) is 4.77. The zero-order chi connectivity index (χ0) is 21.7. The van der Waals surface area contributed by atoms with Gasteiger partial charge in [0.05, 0.1) is 18.4 Å². The Morgan fingerprint density at radius 3 is 2.83 bits per heavy atom. The standard InChI is InChI=1S/C21H25FN6O2/c1-20(2,12-29)17-16(22)18(26-27(17)3)25-15-10-14(6-8-24-15)28-9-7-21(11-23,19(28)30)13-4-5-13/h6,8,10,13,29H,4-5,7,9,12H2,1-3H3,(H,24,25,26)/t21-/m1/s1. The number of hydrogen-bond acceptors (Lipinski definition) is 6. The van der Waals surface area contributed by atoms with E-state index in [0.29, 0.717) is 24.5 Å². The van der Waals surface area contributed by atoms with Crippen LogP contribution in [0.2, 0.25) is 0 Å². The normalized spacial score (nSPS) is 21.7. The molecule has 8 nitrogen and oxygen atoms in total. The van der Waals surface area contributed by atoms with Gasteiger partial charge in [-0.25, -0.2) is 9.37 Å². The molecule has 1 atom stereocenters. The largest absolute Gasteiger partial charge is 0.395 e. The maximum absolute atomic E-state index is 15.0. The van der Waals surface area contributed by atoms with Crippen molar-refractivity contribution in [3.63, 3.8) is 0 Å². The molecule has 2 aromatic heterocycles. The number of rotatable bonds is 6. The van der Waals surface area contributed by atoms with Gasteiger partial charge in [0, 0.05) is 37.0 Å². The average Bonchev–Trinajstić information content (AvgIpc) is 3.46. The molecule has 2 aliphatic rings. The highest BCUT2D eigenvalue weighted by atomic mass is 19.1. The first-order chi connectivity index (χ1) is 14.2. The van der Waals surface area contributed by atoms with Gasteiger partial charge in [-0.05, 0) is 31.2 Å². The third kappa shape index (κ3) is 3.12. The molecule has 1 amide bonds. The fraction of sp³-hybridized carbons (Fsp3) is 0.524. The number of hydrogen-bond donors (Lipinski definition) is 2. The number of aliphatic hydroxyl groups is 1. The summed E-state index contributed by atoms with van der Waals surface area (Å²) in [5, 5.41) is 26.3. The molecule has 3 heterocycles. The number of halogens is 1. The quantitative estimate of drug-likeness (QED) is 0.755. The molecule has 30 heavy (non-hydrogen) atoms. The highest BCUT2D eigenvalue weighted by molar-refractivity contribution is 6.02. The number of aryl methyl sites for hydroxylation is 1. The van der Waals surface area contributed by atoms with Gasteiger partial charge >= 0.3 is 0 Å². The second kappa shape index (κ2) is 7.06. The van der Waals surface area contributed by atoms with E-state index >= 15 is 0 Å². The van der Waals surface area contributed by atoms with Gasteiger partial charge in [-0.3, -0.25) is 9.48 Å². The van der Waals surface area contributed by atoms with Gasteiger partial charge in [0.2, 0.25) is 5.91 Å². The third-order valence-electron chi connectivity index (χ3n) is 6.16. The molecule has 0 unspecified atom stereocenters. The first kappa shape index (κ1) is 20.3. The number of carbonyl (C=O) groups excluding carboxylic acids is 1. The fourth-order valence-electron chi connectivity index (χ4n) is 4.30. The molecule has 1 saturated carbocycles. The Labute approximate surface area is 174 Å². The molecule has 9 heteroatoms. The van der Waals surface area contributed by atoms with Gasteiger partial charge in [0.15, 0.2) is 11.6 Å². The van der Waals surface area contributed by atoms with Crippen molar-refractivity contribution in [2.24, 2.45) is 18.4 Å². The number of carbonyl (C=O) groups is 1. The van der Waals surface area contributed by atoms with Gasteiger partial charge in [-0.2, -0.15) is 10.4 Å². The van der Waals surface area contributed by atoms with Crippen LogP contribution >= 0.6 is 0 Å². The topological polar surface area (TPSA) is 107 Å². The number of aromatic nitrogens is 3. The number of nitriles is 1. The lowest BCUT2D eigenvalue weighted by Crippen LogP contribution is -2.35. The lowest BCUT2D eigenvalue weighted by Gasteiger charge is -2.21. The van der Waals surface area contributed by atoms with Crippen molar-refractivity contribution in [1.29, 1.82) is 5.26 Å². The summed E-state index contributed by atoms with van der Waals surface area (Å²) >= 11 is 0. The highest BCUT2D eigenvalue weighted by Crippen LogP contribution is 2.52. The molecular formula is C21H25FN6O2. The summed E-state index contributed by atoms with van der Waals surface area (Å²) in [6, 6.07) is 5.64. The van der Waals surface area contributed by atoms with Crippen molar-refractivity contribution in [3.05, 3.63) is 29.8 Å². The molecule has 0 aromatic carbocycles. The summed E-state index contributed by atoms with van der Waals surface area (Å²) in [5.74, 6) is -0.239. The number of nitrogens with zero attached hydrogens (tertiary/aromatic N) is 5. The lowest BCUT2D eigenvalue weighted by atomic mass is 9.83. The van der Waals surface area contributed by atoms with Crippen molar-refractivity contribution in [2.45, 2.75) is 38.5 Å². The number of pyridine rings is 1. The van der Waals surface area contributed by atoms with Crippen molar-refractivity contribution >= 4 is 23.2 Å². The van der Waals surface area contributed by atoms with Gasteiger partial charge in [0.25, 0.3) is 0 Å². The minimum Gasteiger partial charge on any atom is -0.395 e. The first-order valence-electron chi connectivity index (χ1n) is 10.0. The Bertz CT molecular complexity index is 1040. The van der Waals surface area contributed by atoms with Crippen molar-refractivity contribution in [2.75, 3.05) is 23.4 Å². The van der Waals surface area contributed by atoms with E-state index in [9.17, 15) is 19.6 Å². The number of nitrogens with one attached hydrogen (secondary N) is 1. The maximum Gasteiger partial charge on any atom is 0.247 e. The molecule has 4 rings (SSSR count). The van der Waals surface area contributed by atoms with Crippen LogP contribution in [-0.4, -0.2) is 38.9 Å². The number of anilines is 3. The van der Waals surface area contributed by atoms with Crippen LogP contribution in [0.1, 0.15) is 38.8 Å². The second-order valence-electron chi connectivity index (χ2n) is 8.77. The number of amides is 1. The van der Waals surface area contributed by atoms with Crippen molar-refractivity contribution in [1.82, 2.24) is 14.8 Å². The van der Waals surface area contributed by atoms with E-state index in [1.165, 1.54) is 10.9 Å². The minimum absolute atomic E-state index is 0.00391. The molecule has 158 valence electrons. The molecule has 2 aromatic rings. The summed E-state index contributed by atoms with van der Waals surface area (Å²) in [6.07, 6.45) is 3.89. The maximum atomic E-state index is 15.0. The fourth-order valence-corrected chi connectivity index (χ4v) is 4.30. The predicted molar refractivity (Wildman–Crippen MR) is 109 cm³/mol. The molecule has 2 N–H and O–H groups in total. The van der Waals surface area contributed by atoms with Gasteiger partial charge in [0.1, 0.15) is 11.2 Å². The van der Waals surface area contributed by atoms with Crippen LogP contribution in [-0.2, 0) is 17.3 Å². The second-order valence-corrected chi connectivity index (χ2v) is 8.77. The minimum atomic E-state index is -0.922. The van der Waals surface area contributed by atoms with Crippen LogP contribution in [0.3, 0.4) is 0 Å². The Hall–Kier alpha value is -2.99. The molecule has 2 fully saturated rings. The van der Waals surface area contributed by atoms with Gasteiger partial charge in [-0.1, -0.05) is 13.8 Å². The van der Waals surface area contributed by atoms with E-state index in [4.69, 9.17) is 0 Å².